The van der Waals surface area contributed by atoms with Crippen molar-refractivity contribution < 1.29 is 17.8 Å². The van der Waals surface area contributed by atoms with Crippen LogP contribution in [0.1, 0.15) is 11.4 Å². The largest absolute Gasteiger partial charge is 0.345 e. The van der Waals surface area contributed by atoms with E-state index in [-0.39, 0.29) is 0 Å². The second kappa shape index (κ2) is 2.57. The minimum atomic E-state index is -3.39. The van der Waals surface area contributed by atoms with E-state index in [2.05, 4.69) is 29.8 Å². The molecule has 0 unspecified atom stereocenters. The zero-order chi connectivity index (χ0) is 9.31. The van der Waals surface area contributed by atoms with Crippen molar-refractivity contribution in [3.05, 3.63) is 23.9 Å². The maximum absolute atomic E-state index is 13.2. The molecule has 0 spiro atoms. The van der Waals surface area contributed by atoms with Gasteiger partial charge in [0.2, 0.25) is 0 Å². The van der Waals surface area contributed by atoms with E-state index >= 15 is 0 Å². The normalized spacial score (nSPS) is 11.8. The van der Waals surface area contributed by atoms with Gasteiger partial charge in [0.25, 0.3) is 0 Å². The lowest BCUT2D eigenvalue weighted by molar-refractivity contribution is 0.0326. The van der Waals surface area contributed by atoms with Crippen LogP contribution in [-0.4, -0.2) is 20.7 Å². The van der Waals surface area contributed by atoms with Crippen LogP contribution in [0.4, 0.5) is 8.78 Å². The van der Waals surface area contributed by atoms with E-state index in [0.29, 0.717) is 0 Å². The molecular weight excluding hydrogens is 186 g/mol. The maximum Gasteiger partial charge on any atom is 0.341 e. The number of aromatic nitrogens is 4. The van der Waals surface area contributed by atoms with E-state index in [0.717, 1.165) is 12.5 Å². The summed E-state index contributed by atoms with van der Waals surface area (Å²) in [5.41, 5.74) is -1.27. The Hall–Kier alpha value is -1.86. The van der Waals surface area contributed by atoms with Crippen molar-refractivity contribution in [3.8, 4) is 0 Å². The molecule has 0 aliphatic rings. The van der Waals surface area contributed by atoms with Gasteiger partial charge in [-0.15, -0.1) is 10.2 Å². The van der Waals surface area contributed by atoms with Gasteiger partial charge < -0.3 is 9.05 Å². The molecule has 6 nitrogen and oxygen atoms in total. The first-order valence-electron chi connectivity index (χ1n) is 3.14. The van der Waals surface area contributed by atoms with Crippen molar-refractivity contribution in [2.24, 2.45) is 0 Å². The van der Waals surface area contributed by atoms with E-state index in [1.54, 1.807) is 0 Å². The second-order valence-corrected chi connectivity index (χ2v) is 2.15. The van der Waals surface area contributed by atoms with Crippen molar-refractivity contribution >= 4 is 0 Å². The first-order chi connectivity index (χ1) is 6.21. The molecule has 0 aromatic carbocycles. The Balaban J connectivity index is 2.42. The highest BCUT2D eigenvalue weighted by molar-refractivity contribution is 5.15. The predicted octanol–water partition coefficient (Wildman–Crippen LogP) is 0.593. The molecule has 0 aliphatic heterocycles. The number of alkyl halides is 2. The number of halogens is 2. The molecule has 2 heterocycles. The third-order valence-corrected chi connectivity index (χ3v) is 1.36. The summed E-state index contributed by atoms with van der Waals surface area (Å²) in [6.45, 7) is 0. The van der Waals surface area contributed by atoms with Gasteiger partial charge in [0.1, 0.15) is 0 Å². The first-order valence-corrected chi connectivity index (χ1v) is 3.14. The highest BCUT2D eigenvalue weighted by atomic mass is 19.3. The zero-order valence-corrected chi connectivity index (χ0v) is 6.02. The molecule has 68 valence electrons. The summed E-state index contributed by atoms with van der Waals surface area (Å²) in [7, 11) is 0. The summed E-state index contributed by atoms with van der Waals surface area (Å²) < 4.78 is 34.8. The quantitative estimate of drug-likeness (QED) is 0.686. The molecule has 0 aliphatic carbocycles. The second-order valence-electron chi connectivity index (χ2n) is 2.15. The lowest BCUT2D eigenvalue weighted by Crippen LogP contribution is -2.16. The Kier molecular flexibility index (Phi) is 1.54. The van der Waals surface area contributed by atoms with E-state index in [1.165, 1.54) is 0 Å². The molecule has 2 aromatic heterocycles. The maximum atomic E-state index is 13.2. The predicted molar refractivity (Wildman–Crippen MR) is 31.6 cm³/mol. The van der Waals surface area contributed by atoms with Gasteiger partial charge in [-0.3, -0.25) is 0 Å². The van der Waals surface area contributed by atoms with Crippen LogP contribution in [-0.2, 0) is 5.92 Å². The van der Waals surface area contributed by atoms with Gasteiger partial charge in [-0.1, -0.05) is 0 Å². The highest BCUT2D eigenvalue weighted by Crippen LogP contribution is 2.32. The first kappa shape index (κ1) is 7.77. The van der Waals surface area contributed by atoms with Gasteiger partial charge >= 0.3 is 5.92 Å². The average molecular weight is 188 g/mol. The van der Waals surface area contributed by atoms with Crippen molar-refractivity contribution in [3.63, 3.8) is 0 Å². The smallest absolute Gasteiger partial charge is 0.341 e. The molecule has 8 heteroatoms. The Bertz CT molecular complexity index is 335. The van der Waals surface area contributed by atoms with E-state index in [4.69, 9.17) is 0 Å². The monoisotopic (exact) mass is 188 g/mol. The number of hydrogen-bond acceptors (Lipinski definition) is 6. The average Bonchev–Trinajstić information content (AvgIpc) is 2.78. The van der Waals surface area contributed by atoms with Gasteiger partial charge in [-0.25, -0.2) is 0 Å². The van der Waals surface area contributed by atoms with E-state index < -0.39 is 17.3 Å². The molecule has 0 atom stereocenters. The fraction of sp³-hybridized carbons (Fsp3) is 0.200. The third-order valence-electron chi connectivity index (χ3n) is 1.36. The Morgan fingerprint density at radius 3 is 1.77 bits per heavy atom. The fourth-order valence-electron chi connectivity index (χ4n) is 0.734. The number of hydrogen-bond donors (Lipinski definition) is 0. The van der Waals surface area contributed by atoms with Crippen LogP contribution in [0.2, 0.25) is 0 Å². The molecule has 2 rings (SSSR count). The lowest BCUT2D eigenvalue weighted by atomic mass is 10.2. The minimum Gasteiger partial charge on any atom is -0.345 e. The number of rotatable bonds is 2. The molecule has 2 aromatic rings. The molecule has 13 heavy (non-hydrogen) atoms. The Morgan fingerprint density at radius 2 is 1.46 bits per heavy atom. The summed E-state index contributed by atoms with van der Waals surface area (Å²) in [5.74, 6) is -3.39. The van der Waals surface area contributed by atoms with Crippen LogP contribution in [0.25, 0.3) is 0 Å². The van der Waals surface area contributed by atoms with E-state index in [9.17, 15) is 8.78 Å². The van der Waals surface area contributed by atoms with Crippen LogP contribution < -0.4 is 0 Å². The SMILES string of the molecule is FC(F)(c1conn1)c1conn1. The topological polar surface area (TPSA) is 77.8 Å². The molecule has 0 amide bonds. The van der Waals surface area contributed by atoms with Crippen molar-refractivity contribution in [1.29, 1.82) is 0 Å². The molecular formula is C5H2F2N4O2. The van der Waals surface area contributed by atoms with Crippen LogP contribution in [0, 0.1) is 0 Å². The van der Waals surface area contributed by atoms with E-state index in [1.807, 2.05) is 0 Å². The van der Waals surface area contributed by atoms with Gasteiger partial charge in [-0.2, -0.15) is 8.78 Å². The van der Waals surface area contributed by atoms with Crippen molar-refractivity contribution in [2.45, 2.75) is 5.92 Å². The molecule has 0 saturated carbocycles. The molecule has 0 radical (unpaired) electrons. The van der Waals surface area contributed by atoms with Crippen molar-refractivity contribution in [2.75, 3.05) is 0 Å². The van der Waals surface area contributed by atoms with Crippen molar-refractivity contribution in [1.82, 2.24) is 20.7 Å². The standard InChI is InChI=1S/C5H2F2N4O2/c6-5(7,3-1-12-10-8-3)4-2-13-11-9-4/h1-2H. The summed E-state index contributed by atoms with van der Waals surface area (Å²) in [5, 5.41) is 12.0. The van der Waals surface area contributed by atoms with Gasteiger partial charge in [-0.05, 0) is 0 Å². The molecule has 0 N–H and O–H groups in total. The third kappa shape index (κ3) is 1.15. The summed E-state index contributed by atoms with van der Waals surface area (Å²) in [6.07, 6.45) is 1.46. The van der Waals surface area contributed by atoms with Gasteiger partial charge in [0.15, 0.2) is 23.9 Å². The summed E-state index contributed by atoms with van der Waals surface area (Å²) in [4.78, 5) is 0. The molecule has 0 saturated heterocycles. The van der Waals surface area contributed by atoms with Crippen LogP contribution in [0.15, 0.2) is 21.6 Å². The number of nitrogens with zero attached hydrogens (tertiary/aromatic N) is 4. The molecule has 0 bridgehead atoms. The summed E-state index contributed by atoms with van der Waals surface area (Å²) >= 11 is 0. The summed E-state index contributed by atoms with van der Waals surface area (Å²) in [6, 6.07) is 0. The van der Waals surface area contributed by atoms with Crippen LogP contribution in [0.3, 0.4) is 0 Å². The van der Waals surface area contributed by atoms with Gasteiger partial charge in [0.05, 0.1) is 0 Å². The van der Waals surface area contributed by atoms with Crippen LogP contribution in [0.5, 0.6) is 0 Å². The fourth-order valence-corrected chi connectivity index (χ4v) is 0.734. The molecule has 0 fully saturated rings. The highest BCUT2D eigenvalue weighted by Gasteiger charge is 2.41. The Morgan fingerprint density at radius 1 is 1.00 bits per heavy atom. The Labute approximate surface area is 69.5 Å². The minimum absolute atomic E-state index is 0.636. The zero-order valence-electron chi connectivity index (χ0n) is 6.02. The lowest BCUT2D eigenvalue weighted by Gasteiger charge is -2.06. The van der Waals surface area contributed by atoms with Crippen LogP contribution >= 0.6 is 0 Å². The van der Waals surface area contributed by atoms with Gasteiger partial charge in [0, 0.05) is 10.5 Å².